The molecule has 0 fully saturated rings. The third kappa shape index (κ3) is 5.88. The summed E-state index contributed by atoms with van der Waals surface area (Å²) in [4.78, 5) is 11.3. The molecule has 29 heavy (non-hydrogen) atoms. The largest absolute Gasteiger partial charge is 0.377 e. The van der Waals surface area contributed by atoms with E-state index in [4.69, 9.17) is 4.74 Å². The highest BCUT2D eigenvalue weighted by Gasteiger charge is 2.07. The normalized spacial score (nSPS) is 14.0. The van der Waals surface area contributed by atoms with Crippen LogP contribution < -0.4 is 0 Å². The first-order chi connectivity index (χ1) is 14.1. The van der Waals surface area contributed by atoms with Crippen LogP contribution in [0.5, 0.6) is 0 Å². The van der Waals surface area contributed by atoms with Crippen LogP contribution in [0.1, 0.15) is 49.8 Å². The Morgan fingerprint density at radius 3 is 2.45 bits per heavy atom. The van der Waals surface area contributed by atoms with Gasteiger partial charge in [0.1, 0.15) is 6.29 Å². The predicted molar refractivity (Wildman–Crippen MR) is 122 cm³/mol. The Labute approximate surface area is 174 Å². The molecule has 0 aromatic heterocycles. The molecule has 3 rings (SSSR count). The Balaban J connectivity index is 1.82. The molecule has 0 saturated heterocycles. The maximum atomic E-state index is 11.3. The molecule has 0 aliphatic heterocycles. The summed E-state index contributed by atoms with van der Waals surface area (Å²) in [6.45, 7) is 7.85. The summed E-state index contributed by atoms with van der Waals surface area (Å²) in [5, 5.41) is 0. The smallest absolute Gasteiger partial charge is 0.146 e. The van der Waals surface area contributed by atoms with Gasteiger partial charge in [0.05, 0.1) is 6.61 Å². The molecule has 1 aliphatic carbocycles. The molecule has 0 spiro atoms. The van der Waals surface area contributed by atoms with E-state index in [2.05, 4.69) is 75.4 Å². The quantitative estimate of drug-likeness (QED) is 0.367. The Kier molecular flexibility index (Phi) is 7.37. The van der Waals surface area contributed by atoms with Crippen molar-refractivity contribution in [2.45, 2.75) is 46.6 Å². The average Bonchev–Trinajstić information content (AvgIpc) is 2.92. The molecule has 0 radical (unpaired) electrons. The van der Waals surface area contributed by atoms with Gasteiger partial charge in [-0.25, -0.2) is 0 Å². The maximum absolute atomic E-state index is 11.3. The zero-order valence-electron chi connectivity index (χ0n) is 17.7. The SMILES string of the molecule is CCCCOCc1cc(C)cc(-c2ccc(C3=CC(C)=CCC(C=O)=C3)cc2)c1. The Morgan fingerprint density at radius 1 is 0.966 bits per heavy atom. The summed E-state index contributed by atoms with van der Waals surface area (Å²) in [6, 6.07) is 15.2. The van der Waals surface area contributed by atoms with Crippen molar-refractivity contribution in [1.82, 2.24) is 0 Å². The first-order valence-electron chi connectivity index (χ1n) is 10.4. The van der Waals surface area contributed by atoms with Crippen molar-refractivity contribution in [3.8, 4) is 11.1 Å². The number of aldehydes is 1. The Hall–Kier alpha value is -2.71. The summed E-state index contributed by atoms with van der Waals surface area (Å²) in [5.41, 5.74) is 9.05. The van der Waals surface area contributed by atoms with E-state index in [1.54, 1.807) is 0 Å². The van der Waals surface area contributed by atoms with Crippen LogP contribution in [0.15, 0.2) is 71.8 Å². The second-order valence-corrected chi connectivity index (χ2v) is 7.78. The van der Waals surface area contributed by atoms with Gasteiger partial charge < -0.3 is 4.74 Å². The van der Waals surface area contributed by atoms with Crippen LogP contribution in [0.2, 0.25) is 0 Å². The fourth-order valence-electron chi connectivity index (χ4n) is 3.54. The van der Waals surface area contributed by atoms with Gasteiger partial charge in [-0.05, 0) is 72.2 Å². The first kappa shape index (κ1) is 21.0. The van der Waals surface area contributed by atoms with Crippen molar-refractivity contribution < 1.29 is 9.53 Å². The highest BCUT2D eigenvalue weighted by Crippen LogP contribution is 2.28. The van der Waals surface area contributed by atoms with Crippen molar-refractivity contribution in [1.29, 1.82) is 0 Å². The first-order valence-corrected chi connectivity index (χ1v) is 10.4. The molecule has 150 valence electrons. The van der Waals surface area contributed by atoms with E-state index in [0.717, 1.165) is 42.4 Å². The number of unbranched alkanes of at least 4 members (excludes halogenated alkanes) is 1. The van der Waals surface area contributed by atoms with E-state index in [1.807, 2.05) is 6.08 Å². The summed E-state index contributed by atoms with van der Waals surface area (Å²) < 4.78 is 5.80. The van der Waals surface area contributed by atoms with Gasteiger partial charge in [0.2, 0.25) is 0 Å². The molecular weight excluding hydrogens is 356 g/mol. The van der Waals surface area contributed by atoms with E-state index >= 15 is 0 Å². The van der Waals surface area contributed by atoms with E-state index in [-0.39, 0.29) is 0 Å². The van der Waals surface area contributed by atoms with Crippen LogP contribution in [-0.4, -0.2) is 12.9 Å². The van der Waals surface area contributed by atoms with E-state index in [9.17, 15) is 4.79 Å². The van der Waals surface area contributed by atoms with E-state index < -0.39 is 0 Å². The zero-order chi connectivity index (χ0) is 20.6. The molecule has 1 aliphatic rings. The number of aryl methyl sites for hydroxylation is 1. The number of hydrogen-bond acceptors (Lipinski definition) is 2. The third-order valence-corrected chi connectivity index (χ3v) is 5.13. The van der Waals surface area contributed by atoms with Crippen LogP contribution in [0.3, 0.4) is 0 Å². The molecule has 2 nitrogen and oxygen atoms in total. The molecule has 2 heteroatoms. The number of ether oxygens (including phenoxy) is 1. The Morgan fingerprint density at radius 2 is 1.72 bits per heavy atom. The highest BCUT2D eigenvalue weighted by molar-refractivity contribution is 5.86. The molecule has 0 atom stereocenters. The zero-order valence-corrected chi connectivity index (χ0v) is 17.7. The van der Waals surface area contributed by atoms with Crippen molar-refractivity contribution in [3.05, 3.63) is 88.5 Å². The summed E-state index contributed by atoms with van der Waals surface area (Å²) in [6.07, 6.45) is 10.1. The predicted octanol–water partition coefficient (Wildman–Crippen LogP) is 6.84. The van der Waals surface area contributed by atoms with Crippen LogP contribution in [-0.2, 0) is 16.1 Å². The molecule has 2 aromatic carbocycles. The third-order valence-electron chi connectivity index (χ3n) is 5.13. The second kappa shape index (κ2) is 10.2. The van der Waals surface area contributed by atoms with Crippen molar-refractivity contribution >= 4 is 11.9 Å². The molecule has 0 bridgehead atoms. The van der Waals surface area contributed by atoms with Gasteiger partial charge in [0.15, 0.2) is 0 Å². The number of hydrogen-bond donors (Lipinski definition) is 0. The monoisotopic (exact) mass is 386 g/mol. The lowest BCUT2D eigenvalue weighted by Crippen LogP contribution is -1.96. The molecule has 0 saturated carbocycles. The highest BCUT2D eigenvalue weighted by atomic mass is 16.5. The molecule has 0 unspecified atom stereocenters. The number of rotatable bonds is 8. The average molecular weight is 387 g/mol. The molecule has 0 N–H and O–H groups in total. The van der Waals surface area contributed by atoms with Gasteiger partial charge in [0, 0.05) is 6.61 Å². The van der Waals surface area contributed by atoms with Crippen LogP contribution in [0, 0.1) is 6.92 Å². The van der Waals surface area contributed by atoms with E-state index in [0.29, 0.717) is 13.0 Å². The van der Waals surface area contributed by atoms with Gasteiger partial charge in [-0.15, -0.1) is 0 Å². The number of allylic oxidation sites excluding steroid dienone is 6. The lowest BCUT2D eigenvalue weighted by molar-refractivity contribution is -0.104. The molecule has 2 aromatic rings. The van der Waals surface area contributed by atoms with Gasteiger partial charge >= 0.3 is 0 Å². The van der Waals surface area contributed by atoms with Crippen LogP contribution >= 0.6 is 0 Å². The van der Waals surface area contributed by atoms with Crippen LogP contribution in [0.4, 0.5) is 0 Å². The minimum Gasteiger partial charge on any atom is -0.377 e. The van der Waals surface area contributed by atoms with Crippen molar-refractivity contribution in [2.24, 2.45) is 0 Å². The molecule has 0 heterocycles. The van der Waals surface area contributed by atoms with Gasteiger partial charge in [-0.2, -0.15) is 0 Å². The number of benzene rings is 2. The fourth-order valence-corrected chi connectivity index (χ4v) is 3.54. The fraction of sp³-hybridized carbons (Fsp3) is 0.296. The second-order valence-electron chi connectivity index (χ2n) is 7.78. The van der Waals surface area contributed by atoms with Gasteiger partial charge in [-0.3, -0.25) is 4.79 Å². The molecular formula is C27H30O2. The van der Waals surface area contributed by atoms with Crippen LogP contribution in [0.25, 0.3) is 16.7 Å². The standard InChI is InChI=1S/C27H30O2/c1-4-5-12-29-19-23-13-21(3)15-27(17-23)25-10-8-24(9-11-25)26-14-20(2)6-7-22(16-26)18-28/h6,8-11,13-18H,4-5,7,12,19H2,1-3H3. The Bertz CT molecular complexity index is 943. The summed E-state index contributed by atoms with van der Waals surface area (Å²) in [7, 11) is 0. The van der Waals surface area contributed by atoms with Gasteiger partial charge in [0.25, 0.3) is 0 Å². The summed E-state index contributed by atoms with van der Waals surface area (Å²) >= 11 is 0. The lowest BCUT2D eigenvalue weighted by atomic mass is 9.96. The maximum Gasteiger partial charge on any atom is 0.146 e. The van der Waals surface area contributed by atoms with Crippen molar-refractivity contribution in [2.75, 3.05) is 6.61 Å². The number of carbonyl (C=O) groups excluding carboxylic acids is 1. The summed E-state index contributed by atoms with van der Waals surface area (Å²) in [5.74, 6) is 0. The minimum absolute atomic E-state index is 0.657. The number of carbonyl (C=O) groups is 1. The van der Waals surface area contributed by atoms with Gasteiger partial charge in [-0.1, -0.05) is 73.0 Å². The molecule has 0 amide bonds. The van der Waals surface area contributed by atoms with Crippen molar-refractivity contribution in [3.63, 3.8) is 0 Å². The topological polar surface area (TPSA) is 26.3 Å². The minimum atomic E-state index is 0.657. The lowest BCUT2D eigenvalue weighted by Gasteiger charge is -2.10. The van der Waals surface area contributed by atoms with E-state index in [1.165, 1.54) is 27.8 Å².